The summed E-state index contributed by atoms with van der Waals surface area (Å²) in [5.74, 6) is 1.14. The number of fused-ring (bicyclic) bond motifs is 1. The molecule has 0 saturated carbocycles. The van der Waals surface area contributed by atoms with Crippen molar-refractivity contribution in [3.8, 4) is 11.3 Å². The first-order valence-corrected chi connectivity index (χ1v) is 6.92. The van der Waals surface area contributed by atoms with Gasteiger partial charge in [0, 0.05) is 24.8 Å². The lowest BCUT2D eigenvalue weighted by molar-refractivity contribution is 0.505. The number of nitrogens with one attached hydrogen (secondary N) is 1. The van der Waals surface area contributed by atoms with Gasteiger partial charge in [0.25, 0.3) is 0 Å². The quantitative estimate of drug-likeness (QED) is 0.849. The van der Waals surface area contributed by atoms with Crippen molar-refractivity contribution in [2.24, 2.45) is 0 Å². The molecule has 0 amide bonds. The predicted molar refractivity (Wildman–Crippen MR) is 78.1 cm³/mol. The van der Waals surface area contributed by atoms with Gasteiger partial charge in [-0.25, -0.2) is 4.98 Å². The van der Waals surface area contributed by atoms with Crippen molar-refractivity contribution in [1.29, 1.82) is 0 Å². The molecule has 1 aromatic heterocycles. The topological polar surface area (TPSA) is 29.9 Å². The van der Waals surface area contributed by atoms with Crippen LogP contribution in [-0.4, -0.2) is 16.1 Å². The third-order valence-corrected chi connectivity index (χ3v) is 3.72. The van der Waals surface area contributed by atoms with Crippen LogP contribution in [-0.2, 0) is 18.5 Å². The lowest BCUT2D eigenvalue weighted by Gasteiger charge is -2.18. The molecule has 2 aromatic rings. The maximum atomic E-state index is 4.71. The van der Waals surface area contributed by atoms with E-state index in [2.05, 4.69) is 61.1 Å². The molecule has 1 aromatic carbocycles. The molecule has 100 valence electrons. The lowest BCUT2D eigenvalue weighted by atomic mass is 9.86. The second-order valence-electron chi connectivity index (χ2n) is 6.24. The fourth-order valence-corrected chi connectivity index (χ4v) is 2.47. The molecule has 1 N–H and O–H groups in total. The average molecular weight is 255 g/mol. The van der Waals surface area contributed by atoms with Crippen LogP contribution >= 0.6 is 0 Å². The van der Waals surface area contributed by atoms with Gasteiger partial charge in [-0.1, -0.05) is 45.0 Å². The van der Waals surface area contributed by atoms with Crippen molar-refractivity contribution in [1.82, 2.24) is 14.9 Å². The van der Waals surface area contributed by atoms with Crippen LogP contribution in [0, 0.1) is 0 Å². The Kier molecular flexibility index (Phi) is 2.94. The second-order valence-corrected chi connectivity index (χ2v) is 6.24. The molecule has 0 bridgehead atoms. The van der Waals surface area contributed by atoms with E-state index in [-0.39, 0.29) is 5.41 Å². The van der Waals surface area contributed by atoms with E-state index in [0.717, 1.165) is 31.2 Å². The Morgan fingerprint density at radius 3 is 2.53 bits per heavy atom. The summed E-state index contributed by atoms with van der Waals surface area (Å²) >= 11 is 0. The second kappa shape index (κ2) is 4.49. The number of aromatic nitrogens is 2. The molecule has 0 saturated heterocycles. The molecule has 0 fully saturated rings. The van der Waals surface area contributed by atoms with Gasteiger partial charge in [-0.15, -0.1) is 0 Å². The van der Waals surface area contributed by atoms with E-state index < -0.39 is 0 Å². The first kappa shape index (κ1) is 12.4. The Labute approximate surface area is 114 Å². The molecule has 19 heavy (non-hydrogen) atoms. The first-order valence-electron chi connectivity index (χ1n) is 6.92. The molecule has 1 aliphatic rings. The summed E-state index contributed by atoms with van der Waals surface area (Å²) < 4.78 is 2.25. The molecule has 0 unspecified atom stereocenters. The van der Waals surface area contributed by atoms with Crippen LogP contribution in [0.4, 0.5) is 0 Å². The van der Waals surface area contributed by atoms with Crippen molar-refractivity contribution in [2.75, 3.05) is 6.54 Å². The fraction of sp³-hybridized carbons (Fsp3) is 0.438. The van der Waals surface area contributed by atoms with Crippen molar-refractivity contribution in [3.05, 3.63) is 41.9 Å². The van der Waals surface area contributed by atoms with E-state index in [0.29, 0.717) is 0 Å². The van der Waals surface area contributed by atoms with Crippen LogP contribution < -0.4 is 5.32 Å². The summed E-state index contributed by atoms with van der Waals surface area (Å²) in [4.78, 5) is 4.71. The molecule has 1 aliphatic heterocycles. The summed E-state index contributed by atoms with van der Waals surface area (Å²) in [5, 5.41) is 3.35. The molecular weight excluding hydrogens is 234 g/mol. The van der Waals surface area contributed by atoms with E-state index in [4.69, 9.17) is 4.98 Å². The summed E-state index contributed by atoms with van der Waals surface area (Å²) in [6.45, 7) is 9.64. The normalized spacial score (nSPS) is 15.3. The summed E-state index contributed by atoms with van der Waals surface area (Å²) in [5.41, 5.74) is 3.85. The maximum absolute atomic E-state index is 4.71. The number of hydrogen-bond acceptors (Lipinski definition) is 2. The number of imidazole rings is 1. The highest BCUT2D eigenvalue weighted by Crippen LogP contribution is 2.26. The van der Waals surface area contributed by atoms with Crippen LogP contribution in [0.5, 0.6) is 0 Å². The Balaban J connectivity index is 1.92. The van der Waals surface area contributed by atoms with E-state index in [1.165, 1.54) is 11.1 Å². The van der Waals surface area contributed by atoms with Gasteiger partial charge >= 0.3 is 0 Å². The highest BCUT2D eigenvalue weighted by atomic mass is 15.1. The van der Waals surface area contributed by atoms with Gasteiger partial charge < -0.3 is 9.88 Å². The number of hydrogen-bond donors (Lipinski definition) is 1. The molecule has 3 nitrogen and oxygen atoms in total. The monoisotopic (exact) mass is 255 g/mol. The minimum Gasteiger partial charge on any atom is -0.332 e. The summed E-state index contributed by atoms with van der Waals surface area (Å²) in [7, 11) is 0. The highest BCUT2D eigenvalue weighted by molar-refractivity contribution is 5.59. The van der Waals surface area contributed by atoms with Gasteiger partial charge in [0.2, 0.25) is 0 Å². The van der Waals surface area contributed by atoms with Crippen LogP contribution in [0.1, 0.15) is 32.2 Å². The van der Waals surface area contributed by atoms with Crippen LogP contribution in [0.2, 0.25) is 0 Å². The highest BCUT2D eigenvalue weighted by Gasteiger charge is 2.15. The zero-order valence-electron chi connectivity index (χ0n) is 11.9. The van der Waals surface area contributed by atoms with Crippen molar-refractivity contribution < 1.29 is 0 Å². The average Bonchev–Trinajstić information content (AvgIpc) is 2.81. The van der Waals surface area contributed by atoms with E-state index >= 15 is 0 Å². The summed E-state index contributed by atoms with van der Waals surface area (Å²) in [6.07, 6.45) is 2.17. The molecule has 3 heteroatoms. The largest absolute Gasteiger partial charge is 0.332 e. The third kappa shape index (κ3) is 2.43. The minimum absolute atomic E-state index is 0.204. The van der Waals surface area contributed by atoms with E-state index in [1.54, 1.807) is 0 Å². The maximum Gasteiger partial charge on any atom is 0.123 e. The smallest absolute Gasteiger partial charge is 0.123 e. The standard InChI is InChI=1S/C16H21N3/c1-16(2,3)13-6-4-12(5-7-13)14-11-19-9-8-17-10-15(19)18-14/h4-7,11,17H,8-10H2,1-3H3. The molecular formula is C16H21N3. The van der Waals surface area contributed by atoms with E-state index in [1.807, 2.05) is 0 Å². The number of nitrogens with zero attached hydrogens (tertiary/aromatic N) is 2. The Hall–Kier alpha value is -1.61. The zero-order valence-corrected chi connectivity index (χ0v) is 11.9. The Bertz CT molecular complexity index is 550. The molecule has 0 atom stereocenters. The minimum atomic E-state index is 0.204. The number of rotatable bonds is 1. The molecule has 0 radical (unpaired) electrons. The molecule has 3 rings (SSSR count). The van der Waals surface area contributed by atoms with Crippen LogP contribution in [0.25, 0.3) is 11.3 Å². The SMILES string of the molecule is CC(C)(C)c1ccc(-c2cn3c(n2)CNCC3)cc1. The van der Waals surface area contributed by atoms with E-state index in [9.17, 15) is 0 Å². The van der Waals surface area contributed by atoms with Gasteiger partial charge in [0.05, 0.1) is 12.2 Å². The van der Waals surface area contributed by atoms with Crippen molar-refractivity contribution in [3.63, 3.8) is 0 Å². The van der Waals surface area contributed by atoms with Gasteiger partial charge in [-0.3, -0.25) is 0 Å². The van der Waals surface area contributed by atoms with Crippen molar-refractivity contribution >= 4 is 0 Å². The Morgan fingerprint density at radius 2 is 1.89 bits per heavy atom. The molecule has 0 aliphatic carbocycles. The first-order chi connectivity index (χ1) is 9.04. The molecule has 2 heterocycles. The summed E-state index contributed by atoms with van der Waals surface area (Å²) in [6, 6.07) is 8.79. The predicted octanol–water partition coefficient (Wildman–Crippen LogP) is 2.95. The fourth-order valence-electron chi connectivity index (χ4n) is 2.47. The van der Waals surface area contributed by atoms with Crippen molar-refractivity contribution in [2.45, 2.75) is 39.3 Å². The van der Waals surface area contributed by atoms with Gasteiger partial charge in [-0.2, -0.15) is 0 Å². The van der Waals surface area contributed by atoms with Crippen LogP contribution in [0.3, 0.4) is 0 Å². The Morgan fingerprint density at radius 1 is 1.16 bits per heavy atom. The van der Waals surface area contributed by atoms with Crippen LogP contribution in [0.15, 0.2) is 30.5 Å². The lowest BCUT2D eigenvalue weighted by Crippen LogP contribution is -2.27. The molecule has 0 spiro atoms. The van der Waals surface area contributed by atoms with Gasteiger partial charge in [-0.05, 0) is 11.0 Å². The zero-order chi connectivity index (χ0) is 13.5. The number of benzene rings is 1. The van der Waals surface area contributed by atoms with Gasteiger partial charge in [0.1, 0.15) is 5.82 Å². The van der Waals surface area contributed by atoms with Gasteiger partial charge in [0.15, 0.2) is 0 Å². The third-order valence-electron chi connectivity index (χ3n) is 3.72.